The molecule has 0 aliphatic heterocycles. The minimum Gasteiger partial charge on any atom is -0.389 e. The minimum atomic E-state index is -0.422. The zero-order valence-corrected chi connectivity index (χ0v) is 11.0. The van der Waals surface area contributed by atoms with Gasteiger partial charge in [-0.15, -0.1) is 0 Å². The molecule has 0 amide bonds. The summed E-state index contributed by atoms with van der Waals surface area (Å²) in [5, 5.41) is 12.9. The maximum absolute atomic E-state index is 9.60. The maximum atomic E-state index is 9.60. The van der Waals surface area contributed by atoms with E-state index in [1.54, 1.807) is 7.11 Å². The summed E-state index contributed by atoms with van der Waals surface area (Å²) in [6.45, 7) is 3.10. The highest BCUT2D eigenvalue weighted by atomic mass is 32.2. The topological polar surface area (TPSA) is 50.7 Å². The van der Waals surface area contributed by atoms with Gasteiger partial charge in [-0.25, -0.2) is 0 Å². The van der Waals surface area contributed by atoms with Crippen molar-refractivity contribution in [2.45, 2.75) is 23.7 Å². The average molecular weight is 249 g/mol. The van der Waals surface area contributed by atoms with E-state index in [0.29, 0.717) is 31.1 Å². The summed E-state index contributed by atoms with van der Waals surface area (Å²) in [6, 6.07) is 0. The molecule has 0 saturated heterocycles. The van der Waals surface area contributed by atoms with Crippen molar-refractivity contribution in [3.05, 3.63) is 0 Å². The Morgan fingerprint density at radius 1 is 1.44 bits per heavy atom. The summed E-state index contributed by atoms with van der Waals surface area (Å²) in [6.07, 6.45) is 4.32. The van der Waals surface area contributed by atoms with E-state index in [1.165, 1.54) is 12.8 Å². The van der Waals surface area contributed by atoms with Gasteiger partial charge in [-0.1, -0.05) is 0 Å². The van der Waals surface area contributed by atoms with Crippen molar-refractivity contribution < 1.29 is 14.6 Å². The fraction of sp³-hybridized carbons (Fsp3) is 1.00. The van der Waals surface area contributed by atoms with Gasteiger partial charge in [-0.05, 0) is 19.1 Å². The van der Waals surface area contributed by atoms with Gasteiger partial charge in [0.05, 0.1) is 25.9 Å². The van der Waals surface area contributed by atoms with Gasteiger partial charge in [0.1, 0.15) is 0 Å². The molecule has 0 spiro atoms. The molecular weight excluding hydrogens is 226 g/mol. The highest BCUT2D eigenvalue weighted by molar-refractivity contribution is 8.00. The standard InChI is InChI=1S/C11H23NO3S/c1-14-5-6-15-8-10(13)7-12-9-11(16-2)3-4-11/h10,12-13H,3-9H2,1-2H3. The fourth-order valence-corrected chi connectivity index (χ4v) is 2.24. The van der Waals surface area contributed by atoms with E-state index >= 15 is 0 Å². The van der Waals surface area contributed by atoms with E-state index < -0.39 is 6.10 Å². The predicted molar refractivity (Wildman–Crippen MR) is 67.1 cm³/mol. The number of aliphatic hydroxyl groups excluding tert-OH is 1. The third-order valence-corrected chi connectivity index (χ3v) is 4.23. The Hall–Kier alpha value is 0.190. The smallest absolute Gasteiger partial charge is 0.0897 e. The molecule has 4 nitrogen and oxygen atoms in total. The van der Waals surface area contributed by atoms with Crippen LogP contribution in [0.3, 0.4) is 0 Å². The SMILES string of the molecule is COCCOCC(O)CNCC1(SC)CC1. The number of thioether (sulfide) groups is 1. The first-order valence-corrected chi connectivity index (χ1v) is 6.95. The third-order valence-electron chi connectivity index (χ3n) is 2.81. The van der Waals surface area contributed by atoms with Crippen molar-refractivity contribution >= 4 is 11.8 Å². The predicted octanol–water partition coefficient (Wildman–Crippen LogP) is 0.496. The quantitative estimate of drug-likeness (QED) is 0.552. The normalized spacial score (nSPS) is 19.7. The summed E-state index contributed by atoms with van der Waals surface area (Å²) in [5.41, 5.74) is 0. The van der Waals surface area contributed by atoms with E-state index in [1.807, 2.05) is 11.8 Å². The lowest BCUT2D eigenvalue weighted by molar-refractivity contribution is 0.0138. The second-order valence-electron chi connectivity index (χ2n) is 4.24. The summed E-state index contributed by atoms with van der Waals surface area (Å²) in [4.78, 5) is 0. The van der Waals surface area contributed by atoms with Gasteiger partial charge in [-0.2, -0.15) is 11.8 Å². The Balaban J connectivity index is 1.92. The monoisotopic (exact) mass is 249 g/mol. The van der Waals surface area contributed by atoms with Crippen molar-refractivity contribution in [1.82, 2.24) is 5.32 Å². The number of nitrogens with one attached hydrogen (secondary N) is 1. The van der Waals surface area contributed by atoms with Crippen molar-refractivity contribution in [2.24, 2.45) is 0 Å². The first-order chi connectivity index (χ1) is 7.72. The van der Waals surface area contributed by atoms with Crippen LogP contribution in [0.1, 0.15) is 12.8 Å². The number of ether oxygens (including phenoxy) is 2. The van der Waals surface area contributed by atoms with Crippen LogP contribution in [0.15, 0.2) is 0 Å². The lowest BCUT2D eigenvalue weighted by Crippen LogP contribution is -2.35. The third kappa shape index (κ3) is 5.50. The molecule has 0 aromatic carbocycles. The van der Waals surface area contributed by atoms with E-state index in [-0.39, 0.29) is 0 Å². The van der Waals surface area contributed by atoms with Crippen LogP contribution in [0.5, 0.6) is 0 Å². The second-order valence-corrected chi connectivity index (χ2v) is 5.51. The first kappa shape index (κ1) is 14.3. The second kappa shape index (κ2) is 7.50. The van der Waals surface area contributed by atoms with Gasteiger partial charge in [0.15, 0.2) is 0 Å². The van der Waals surface area contributed by atoms with Crippen molar-refractivity contribution in [3.8, 4) is 0 Å². The van der Waals surface area contributed by atoms with Crippen LogP contribution in [0.2, 0.25) is 0 Å². The summed E-state index contributed by atoms with van der Waals surface area (Å²) >= 11 is 1.92. The van der Waals surface area contributed by atoms with E-state index in [9.17, 15) is 5.11 Å². The summed E-state index contributed by atoms with van der Waals surface area (Å²) in [7, 11) is 1.64. The van der Waals surface area contributed by atoms with Crippen LogP contribution in [0, 0.1) is 0 Å². The van der Waals surface area contributed by atoms with Gasteiger partial charge in [-0.3, -0.25) is 0 Å². The molecule has 1 saturated carbocycles. The number of hydrogen-bond acceptors (Lipinski definition) is 5. The lowest BCUT2D eigenvalue weighted by Gasteiger charge is -2.16. The van der Waals surface area contributed by atoms with Crippen LogP contribution in [-0.4, -0.2) is 62.2 Å². The molecular formula is C11H23NO3S. The molecule has 0 heterocycles. The zero-order chi connectivity index (χ0) is 11.9. The van der Waals surface area contributed by atoms with Crippen molar-refractivity contribution in [3.63, 3.8) is 0 Å². The van der Waals surface area contributed by atoms with Gasteiger partial charge < -0.3 is 19.9 Å². The minimum absolute atomic E-state index is 0.378. The average Bonchev–Trinajstić information content (AvgIpc) is 3.05. The number of aliphatic hydroxyl groups is 1. The Kier molecular flexibility index (Phi) is 6.68. The molecule has 5 heteroatoms. The summed E-state index contributed by atoms with van der Waals surface area (Å²) < 4.78 is 10.5. The molecule has 0 aromatic heterocycles. The molecule has 1 rings (SSSR count). The highest BCUT2D eigenvalue weighted by Gasteiger charge is 2.41. The lowest BCUT2D eigenvalue weighted by atomic mass is 10.3. The summed E-state index contributed by atoms with van der Waals surface area (Å²) in [5.74, 6) is 0. The molecule has 0 radical (unpaired) electrons. The fourth-order valence-electron chi connectivity index (χ4n) is 1.48. The maximum Gasteiger partial charge on any atom is 0.0897 e. The Bertz CT molecular complexity index is 188. The van der Waals surface area contributed by atoms with E-state index in [0.717, 1.165) is 6.54 Å². The van der Waals surface area contributed by atoms with E-state index in [2.05, 4.69) is 11.6 Å². The van der Waals surface area contributed by atoms with Crippen LogP contribution in [-0.2, 0) is 9.47 Å². The number of rotatable bonds is 10. The molecule has 96 valence electrons. The Labute approximate surface area is 102 Å². The van der Waals surface area contributed by atoms with Crippen LogP contribution in [0.25, 0.3) is 0 Å². The van der Waals surface area contributed by atoms with Crippen LogP contribution in [0.4, 0.5) is 0 Å². The van der Waals surface area contributed by atoms with Crippen molar-refractivity contribution in [1.29, 1.82) is 0 Å². The molecule has 1 fully saturated rings. The Morgan fingerprint density at radius 3 is 2.75 bits per heavy atom. The Morgan fingerprint density at radius 2 is 2.19 bits per heavy atom. The van der Waals surface area contributed by atoms with E-state index in [4.69, 9.17) is 9.47 Å². The van der Waals surface area contributed by atoms with Gasteiger partial charge in [0, 0.05) is 24.9 Å². The molecule has 1 atom stereocenters. The first-order valence-electron chi connectivity index (χ1n) is 5.73. The van der Waals surface area contributed by atoms with Gasteiger partial charge in [0.25, 0.3) is 0 Å². The highest BCUT2D eigenvalue weighted by Crippen LogP contribution is 2.46. The zero-order valence-electron chi connectivity index (χ0n) is 10.2. The van der Waals surface area contributed by atoms with Gasteiger partial charge in [0.2, 0.25) is 0 Å². The largest absolute Gasteiger partial charge is 0.389 e. The molecule has 2 N–H and O–H groups in total. The van der Waals surface area contributed by atoms with Crippen molar-refractivity contribution in [2.75, 3.05) is 46.3 Å². The van der Waals surface area contributed by atoms with Crippen LogP contribution < -0.4 is 5.32 Å². The molecule has 0 aromatic rings. The molecule has 0 bridgehead atoms. The number of hydrogen-bond donors (Lipinski definition) is 2. The molecule has 16 heavy (non-hydrogen) atoms. The molecule has 1 aliphatic rings. The van der Waals surface area contributed by atoms with Gasteiger partial charge >= 0.3 is 0 Å². The number of methoxy groups -OCH3 is 1. The molecule has 1 aliphatic carbocycles. The van der Waals surface area contributed by atoms with Crippen LogP contribution >= 0.6 is 11.8 Å². The molecule has 1 unspecified atom stereocenters.